The molecular weight excluding hydrogens is 405 g/mol. The van der Waals surface area contributed by atoms with Gasteiger partial charge in [0.15, 0.2) is 5.96 Å². The predicted octanol–water partition coefficient (Wildman–Crippen LogP) is 2.40. The summed E-state index contributed by atoms with van der Waals surface area (Å²) in [6.07, 6.45) is 3.76. The molecule has 1 aliphatic heterocycles. The van der Waals surface area contributed by atoms with Crippen LogP contribution in [0.25, 0.3) is 11.1 Å². The maximum Gasteiger partial charge on any atom is 0.414 e. The van der Waals surface area contributed by atoms with Crippen LogP contribution in [0.1, 0.15) is 25.3 Å². The number of carbonyl (C=O) groups excluding carboxylic acids is 1. The molecule has 0 unspecified atom stereocenters. The largest absolute Gasteiger partial charge is 0.444 e. The van der Waals surface area contributed by atoms with E-state index in [2.05, 4.69) is 15.1 Å². The van der Waals surface area contributed by atoms with Crippen molar-refractivity contribution in [3.63, 3.8) is 0 Å². The molecule has 1 aromatic heterocycles. The summed E-state index contributed by atoms with van der Waals surface area (Å²) in [4.78, 5) is 27.4. The SMILES string of the molecule is CCON=C1CCN(c2ncc(-c3cccc(COC(=O)NC(=N)N)c3F)cn2)CC1. The summed E-state index contributed by atoms with van der Waals surface area (Å²) in [5.41, 5.74) is 7.05. The minimum absolute atomic E-state index is 0.178. The van der Waals surface area contributed by atoms with Gasteiger partial charge in [-0.05, 0) is 6.92 Å². The Labute approximate surface area is 178 Å². The molecule has 0 bridgehead atoms. The van der Waals surface area contributed by atoms with Crippen molar-refractivity contribution in [2.45, 2.75) is 26.4 Å². The van der Waals surface area contributed by atoms with Crippen LogP contribution in [-0.2, 0) is 16.2 Å². The second kappa shape index (κ2) is 10.3. The second-order valence-corrected chi connectivity index (χ2v) is 6.73. The third-order valence-corrected chi connectivity index (χ3v) is 4.57. The van der Waals surface area contributed by atoms with Crippen molar-refractivity contribution >= 4 is 23.7 Å². The second-order valence-electron chi connectivity index (χ2n) is 6.73. The number of piperidine rings is 1. The lowest BCUT2D eigenvalue weighted by molar-refractivity contribution is 0.143. The highest BCUT2D eigenvalue weighted by Gasteiger charge is 2.19. The van der Waals surface area contributed by atoms with Crippen LogP contribution in [0.3, 0.4) is 0 Å². The van der Waals surface area contributed by atoms with Crippen LogP contribution in [0.15, 0.2) is 35.7 Å². The van der Waals surface area contributed by atoms with Crippen molar-refractivity contribution in [1.82, 2.24) is 15.3 Å². The Hall–Kier alpha value is -3.76. The standard InChI is InChI=1S/C20H24FN7O3/c1-2-31-27-15-6-8-28(9-7-15)19-24-10-14(11-25-19)16-5-3-4-13(17(16)21)12-30-20(29)26-18(22)23/h3-5,10-11H,2,6-9,12H2,1H3,(H4,22,23,26,29). The summed E-state index contributed by atoms with van der Waals surface area (Å²) in [5.74, 6) is -0.521. The number of aromatic nitrogens is 2. The van der Waals surface area contributed by atoms with E-state index in [0.29, 0.717) is 23.7 Å². The number of nitrogens with zero attached hydrogens (tertiary/aromatic N) is 4. The van der Waals surface area contributed by atoms with E-state index >= 15 is 0 Å². The van der Waals surface area contributed by atoms with E-state index in [1.165, 1.54) is 6.07 Å². The number of hydrogen-bond donors (Lipinski definition) is 3. The fraction of sp³-hybridized carbons (Fsp3) is 0.350. The maximum atomic E-state index is 14.9. The van der Waals surface area contributed by atoms with E-state index in [9.17, 15) is 9.18 Å². The van der Waals surface area contributed by atoms with Crippen molar-refractivity contribution in [2.75, 3.05) is 24.6 Å². The topological polar surface area (TPSA) is 139 Å². The highest BCUT2D eigenvalue weighted by Crippen LogP contribution is 2.25. The van der Waals surface area contributed by atoms with E-state index in [1.807, 2.05) is 17.1 Å². The number of nitrogens with one attached hydrogen (secondary N) is 2. The van der Waals surface area contributed by atoms with Gasteiger partial charge in [0, 0.05) is 55.0 Å². The molecule has 1 aliphatic rings. The van der Waals surface area contributed by atoms with Gasteiger partial charge in [0.2, 0.25) is 5.95 Å². The maximum absolute atomic E-state index is 14.9. The average Bonchev–Trinajstić information content (AvgIpc) is 2.77. The van der Waals surface area contributed by atoms with E-state index in [0.717, 1.165) is 31.6 Å². The van der Waals surface area contributed by atoms with Crippen LogP contribution in [0.4, 0.5) is 15.1 Å². The Morgan fingerprint density at radius 3 is 2.68 bits per heavy atom. The number of halogens is 1. The van der Waals surface area contributed by atoms with Gasteiger partial charge in [0.05, 0.1) is 5.71 Å². The van der Waals surface area contributed by atoms with E-state index < -0.39 is 17.9 Å². The number of hydrogen-bond acceptors (Lipinski definition) is 8. The highest BCUT2D eigenvalue weighted by atomic mass is 19.1. The van der Waals surface area contributed by atoms with Gasteiger partial charge in [0.25, 0.3) is 0 Å². The molecule has 2 aromatic rings. The average molecular weight is 429 g/mol. The van der Waals surface area contributed by atoms with Crippen LogP contribution in [-0.4, -0.2) is 47.4 Å². The molecule has 0 saturated carbocycles. The molecule has 0 spiro atoms. The highest BCUT2D eigenvalue weighted by molar-refractivity contribution is 5.90. The van der Waals surface area contributed by atoms with Crippen molar-refractivity contribution in [2.24, 2.45) is 10.9 Å². The van der Waals surface area contributed by atoms with Crippen LogP contribution >= 0.6 is 0 Å². The van der Waals surface area contributed by atoms with Gasteiger partial charge < -0.3 is 20.2 Å². The van der Waals surface area contributed by atoms with Crippen molar-refractivity contribution in [1.29, 1.82) is 5.41 Å². The molecule has 11 heteroatoms. The number of anilines is 1. The fourth-order valence-electron chi connectivity index (χ4n) is 3.04. The molecule has 1 amide bonds. The normalized spacial score (nSPS) is 13.5. The number of benzene rings is 1. The lowest BCUT2D eigenvalue weighted by Gasteiger charge is -2.27. The zero-order chi connectivity index (χ0) is 22.2. The van der Waals surface area contributed by atoms with Gasteiger partial charge in [-0.15, -0.1) is 0 Å². The summed E-state index contributed by atoms with van der Waals surface area (Å²) in [6, 6.07) is 4.76. The van der Waals surface area contributed by atoms with Gasteiger partial charge in [-0.3, -0.25) is 10.7 Å². The summed E-state index contributed by atoms with van der Waals surface area (Å²) < 4.78 is 19.8. The quantitative estimate of drug-likeness (QED) is 0.364. The molecule has 0 atom stereocenters. The zero-order valence-electron chi connectivity index (χ0n) is 17.1. The number of carbonyl (C=O) groups is 1. The Balaban J connectivity index is 1.66. The summed E-state index contributed by atoms with van der Waals surface area (Å²) in [5, 5.41) is 13.1. The first-order valence-corrected chi connectivity index (χ1v) is 9.78. The first-order valence-electron chi connectivity index (χ1n) is 9.78. The van der Waals surface area contributed by atoms with Crippen molar-refractivity contribution in [3.8, 4) is 11.1 Å². The number of oxime groups is 1. The number of nitrogens with two attached hydrogens (primary N) is 1. The Kier molecular flexibility index (Phi) is 7.31. The summed E-state index contributed by atoms with van der Waals surface area (Å²) in [6.45, 7) is 3.60. The fourth-order valence-corrected chi connectivity index (χ4v) is 3.04. The number of guanidine groups is 1. The molecule has 3 rings (SSSR count). The molecular formula is C20H24FN7O3. The number of ether oxygens (including phenoxy) is 1. The van der Waals surface area contributed by atoms with Gasteiger partial charge in [-0.25, -0.2) is 19.2 Å². The smallest absolute Gasteiger partial charge is 0.414 e. The molecule has 1 aromatic carbocycles. The van der Waals surface area contributed by atoms with E-state index in [1.54, 1.807) is 24.5 Å². The molecule has 0 aliphatic carbocycles. The molecule has 164 valence electrons. The Morgan fingerprint density at radius 2 is 2.03 bits per heavy atom. The van der Waals surface area contributed by atoms with Gasteiger partial charge in [0.1, 0.15) is 19.0 Å². The van der Waals surface area contributed by atoms with Crippen LogP contribution in [0, 0.1) is 11.2 Å². The van der Waals surface area contributed by atoms with Crippen molar-refractivity contribution in [3.05, 3.63) is 42.0 Å². The first kappa shape index (κ1) is 21.9. The monoisotopic (exact) mass is 429 g/mol. The number of amides is 1. The molecule has 0 radical (unpaired) electrons. The zero-order valence-corrected chi connectivity index (χ0v) is 17.1. The molecule has 2 heterocycles. The lowest BCUT2D eigenvalue weighted by atomic mass is 10.1. The van der Waals surface area contributed by atoms with Crippen molar-refractivity contribution < 1.29 is 18.8 Å². The van der Waals surface area contributed by atoms with E-state index in [4.69, 9.17) is 20.7 Å². The van der Waals surface area contributed by atoms with Gasteiger partial charge in [-0.1, -0.05) is 23.4 Å². The Bertz CT molecular complexity index is 956. The van der Waals surface area contributed by atoms with E-state index in [-0.39, 0.29) is 12.2 Å². The summed E-state index contributed by atoms with van der Waals surface area (Å²) in [7, 11) is 0. The molecule has 10 nitrogen and oxygen atoms in total. The number of alkyl carbamates (subject to hydrolysis) is 1. The number of rotatable bonds is 6. The third kappa shape index (κ3) is 5.87. The molecule has 31 heavy (non-hydrogen) atoms. The summed E-state index contributed by atoms with van der Waals surface area (Å²) >= 11 is 0. The minimum atomic E-state index is -0.930. The van der Waals surface area contributed by atoms with Crippen LogP contribution < -0.4 is 16.0 Å². The third-order valence-electron chi connectivity index (χ3n) is 4.57. The Morgan fingerprint density at radius 1 is 1.32 bits per heavy atom. The molecule has 4 N–H and O–H groups in total. The van der Waals surface area contributed by atoms with Crippen LogP contribution in [0.2, 0.25) is 0 Å². The molecule has 1 fully saturated rings. The van der Waals surface area contributed by atoms with Gasteiger partial charge in [-0.2, -0.15) is 0 Å². The van der Waals surface area contributed by atoms with Gasteiger partial charge >= 0.3 is 6.09 Å². The molecule has 1 saturated heterocycles. The first-order chi connectivity index (χ1) is 15.0. The lowest BCUT2D eigenvalue weighted by Crippen LogP contribution is -2.36. The predicted molar refractivity (Wildman–Crippen MR) is 113 cm³/mol. The minimum Gasteiger partial charge on any atom is -0.444 e. The van der Waals surface area contributed by atoms with Crippen LogP contribution in [0.5, 0.6) is 0 Å².